The van der Waals surface area contributed by atoms with Gasteiger partial charge in [-0.2, -0.15) is 0 Å². The molecule has 0 bridgehead atoms. The van der Waals surface area contributed by atoms with Gasteiger partial charge in [0.25, 0.3) is 0 Å². The highest BCUT2D eigenvalue weighted by Gasteiger charge is 2.37. The maximum Gasteiger partial charge on any atom is 0.164 e. The molecule has 0 saturated heterocycles. The molecule has 0 N–H and O–H groups in total. The van der Waals surface area contributed by atoms with Crippen LogP contribution in [0, 0.1) is 0 Å². The molecule has 71 heavy (non-hydrogen) atoms. The van der Waals surface area contributed by atoms with E-state index in [1.54, 1.807) is 0 Å². The van der Waals surface area contributed by atoms with Crippen LogP contribution < -0.4 is 0 Å². The average Bonchev–Trinajstić information content (AvgIpc) is 4.03. The summed E-state index contributed by atoms with van der Waals surface area (Å²) in [7, 11) is 0. The first-order valence-corrected chi connectivity index (χ1v) is 24.6. The molecular formula is C66H47N5. The largest absolute Gasteiger partial charge is 0.309 e. The molecule has 0 aliphatic heterocycles. The van der Waals surface area contributed by atoms with Gasteiger partial charge in [0.05, 0.1) is 22.1 Å². The van der Waals surface area contributed by atoms with Crippen LogP contribution in [0.15, 0.2) is 230 Å². The zero-order valence-electron chi connectivity index (χ0n) is 39.5. The van der Waals surface area contributed by atoms with E-state index in [1.807, 2.05) is 18.2 Å². The standard InChI is InChI=1S/C66H47N5/c1-66(2)57-25-12-9-22-51(57)52-35-32-48(39-58(52)66)65-68-63(43-16-5-3-6-17-43)67-64(69-65)47-19-15-18-44(38-47)46-31-37-56-54-24-11-14-27-60(54)71(62(56)41-46)50-33-28-42(29-34-50)45-30-36-55-53-23-10-13-26-59(53)70(61(55)40-45)49-20-7-4-8-21-49/h3-8,10-21,23-41H,9,22H2,1-2H3. The molecule has 5 nitrogen and oxygen atoms in total. The summed E-state index contributed by atoms with van der Waals surface area (Å²) in [6.07, 6.45) is 6.82. The molecule has 3 aromatic heterocycles. The van der Waals surface area contributed by atoms with Gasteiger partial charge in [-0.1, -0.05) is 178 Å². The van der Waals surface area contributed by atoms with E-state index in [0.717, 1.165) is 57.6 Å². The van der Waals surface area contributed by atoms with E-state index < -0.39 is 0 Å². The lowest BCUT2D eigenvalue weighted by molar-refractivity contribution is 0.651. The van der Waals surface area contributed by atoms with Crippen LogP contribution in [-0.2, 0) is 5.41 Å². The Bertz CT molecular complexity index is 4170. The Balaban J connectivity index is 0.846. The molecule has 12 aromatic rings. The van der Waals surface area contributed by atoms with Crippen molar-refractivity contribution in [3.05, 3.63) is 241 Å². The van der Waals surface area contributed by atoms with Crippen LogP contribution in [0.2, 0.25) is 0 Å². The first-order chi connectivity index (χ1) is 34.9. The van der Waals surface area contributed by atoms with Crippen molar-refractivity contribution in [3.8, 4) is 67.8 Å². The van der Waals surface area contributed by atoms with Crippen molar-refractivity contribution in [1.82, 2.24) is 24.1 Å². The lowest BCUT2D eigenvalue weighted by atomic mass is 9.79. The van der Waals surface area contributed by atoms with Crippen molar-refractivity contribution < 1.29 is 0 Å². The number of hydrogen-bond donors (Lipinski definition) is 0. The summed E-state index contributed by atoms with van der Waals surface area (Å²) in [5.41, 5.74) is 19.9. The van der Waals surface area contributed by atoms with Crippen molar-refractivity contribution >= 4 is 49.2 Å². The molecule has 0 radical (unpaired) electrons. The van der Waals surface area contributed by atoms with Gasteiger partial charge in [-0.25, -0.2) is 15.0 Å². The summed E-state index contributed by atoms with van der Waals surface area (Å²) in [5.74, 6) is 1.97. The zero-order valence-corrected chi connectivity index (χ0v) is 39.5. The topological polar surface area (TPSA) is 48.5 Å². The summed E-state index contributed by atoms with van der Waals surface area (Å²) in [6.45, 7) is 4.68. The smallest absolute Gasteiger partial charge is 0.164 e. The van der Waals surface area contributed by atoms with Crippen molar-refractivity contribution in [2.75, 3.05) is 0 Å². The van der Waals surface area contributed by atoms with Gasteiger partial charge in [-0.05, 0) is 118 Å². The summed E-state index contributed by atoms with van der Waals surface area (Å²) < 4.78 is 4.79. The van der Waals surface area contributed by atoms with Gasteiger partial charge >= 0.3 is 0 Å². The molecule has 3 heterocycles. The van der Waals surface area contributed by atoms with Gasteiger partial charge in [0.1, 0.15) is 0 Å². The fourth-order valence-electron chi connectivity index (χ4n) is 11.6. The second-order valence-electron chi connectivity index (χ2n) is 19.5. The average molecular weight is 910 g/mol. The van der Waals surface area contributed by atoms with Crippen LogP contribution in [0.5, 0.6) is 0 Å². The molecule has 0 amide bonds. The first kappa shape index (κ1) is 41.1. The number of nitrogens with zero attached hydrogens (tertiary/aromatic N) is 5. The van der Waals surface area contributed by atoms with Crippen molar-refractivity contribution in [2.45, 2.75) is 32.1 Å². The zero-order chi connectivity index (χ0) is 47.2. The van der Waals surface area contributed by atoms with E-state index in [0.29, 0.717) is 17.5 Å². The molecule has 2 aliphatic carbocycles. The highest BCUT2D eigenvalue weighted by atomic mass is 15.0. The predicted molar refractivity (Wildman–Crippen MR) is 294 cm³/mol. The van der Waals surface area contributed by atoms with Crippen LogP contribution >= 0.6 is 0 Å². The SMILES string of the molecule is CC1(C)C2=C(CCC=C2)c2ccc(-c3nc(-c4ccccc4)nc(-c4cccc(-c5ccc6c7ccccc7n(-c7ccc(-c8ccc9c%10ccccc%10n(-c%10ccccc%10)c9c8)cc7)c6c5)c4)n3)cc21. The lowest BCUT2D eigenvalue weighted by Crippen LogP contribution is -2.16. The Hall–Kier alpha value is -8.93. The second kappa shape index (κ2) is 16.1. The second-order valence-corrected chi connectivity index (χ2v) is 19.5. The van der Waals surface area contributed by atoms with E-state index in [4.69, 9.17) is 15.0 Å². The van der Waals surface area contributed by atoms with Gasteiger partial charge in [0.2, 0.25) is 0 Å². The first-order valence-electron chi connectivity index (χ1n) is 24.6. The number of benzene rings is 9. The third kappa shape index (κ3) is 6.65. The number of allylic oxidation sites excluding steroid dienone is 4. The summed E-state index contributed by atoms with van der Waals surface area (Å²) in [4.78, 5) is 15.5. The van der Waals surface area contributed by atoms with E-state index in [1.165, 1.54) is 71.5 Å². The van der Waals surface area contributed by atoms with E-state index in [9.17, 15) is 0 Å². The molecule has 0 fully saturated rings. The molecule has 0 atom stereocenters. The summed E-state index contributed by atoms with van der Waals surface area (Å²) in [5, 5.41) is 4.94. The Morgan fingerprint density at radius 1 is 0.380 bits per heavy atom. The third-order valence-corrected chi connectivity index (χ3v) is 15.1. The predicted octanol–water partition coefficient (Wildman–Crippen LogP) is 16.8. The minimum absolute atomic E-state index is 0.0945. The molecule has 9 aromatic carbocycles. The number of para-hydroxylation sites is 3. The van der Waals surface area contributed by atoms with Crippen molar-refractivity contribution in [2.24, 2.45) is 0 Å². The van der Waals surface area contributed by atoms with Gasteiger partial charge in [-0.3, -0.25) is 0 Å². The third-order valence-electron chi connectivity index (χ3n) is 15.1. The molecule has 2 aliphatic rings. The Kier molecular flexibility index (Phi) is 9.30. The Morgan fingerprint density at radius 3 is 1.52 bits per heavy atom. The number of rotatable bonds is 7. The molecular weight excluding hydrogens is 863 g/mol. The van der Waals surface area contributed by atoms with Gasteiger partial charge in [0, 0.05) is 55.0 Å². The Morgan fingerprint density at radius 2 is 0.859 bits per heavy atom. The fraction of sp³-hybridized carbons (Fsp3) is 0.0758. The van der Waals surface area contributed by atoms with Gasteiger partial charge in [0.15, 0.2) is 17.5 Å². The van der Waals surface area contributed by atoms with Crippen LogP contribution in [-0.4, -0.2) is 24.1 Å². The normalized spacial score (nSPS) is 13.9. The van der Waals surface area contributed by atoms with Crippen LogP contribution in [0.25, 0.3) is 117 Å². The molecule has 5 heteroatoms. The quantitative estimate of drug-likeness (QED) is 0.160. The molecule has 336 valence electrons. The maximum atomic E-state index is 5.25. The molecule has 14 rings (SSSR count). The highest BCUT2D eigenvalue weighted by molar-refractivity contribution is 6.11. The summed E-state index contributed by atoms with van der Waals surface area (Å²) in [6, 6.07) is 76.6. The van der Waals surface area contributed by atoms with Crippen LogP contribution in [0.4, 0.5) is 0 Å². The number of aromatic nitrogens is 5. The Labute approximate surface area is 412 Å². The van der Waals surface area contributed by atoms with Crippen LogP contribution in [0.1, 0.15) is 37.8 Å². The van der Waals surface area contributed by atoms with E-state index in [-0.39, 0.29) is 5.41 Å². The van der Waals surface area contributed by atoms with E-state index in [2.05, 4.69) is 229 Å². The minimum Gasteiger partial charge on any atom is -0.309 e. The van der Waals surface area contributed by atoms with E-state index >= 15 is 0 Å². The highest BCUT2D eigenvalue weighted by Crippen LogP contribution is 2.51. The lowest BCUT2D eigenvalue weighted by Gasteiger charge is -2.24. The molecule has 0 unspecified atom stereocenters. The maximum absolute atomic E-state index is 5.25. The van der Waals surface area contributed by atoms with Crippen molar-refractivity contribution in [1.29, 1.82) is 0 Å². The van der Waals surface area contributed by atoms with Gasteiger partial charge < -0.3 is 9.13 Å². The van der Waals surface area contributed by atoms with Crippen molar-refractivity contribution in [3.63, 3.8) is 0 Å². The summed E-state index contributed by atoms with van der Waals surface area (Å²) >= 11 is 0. The number of fused-ring (bicyclic) bond motifs is 8. The molecule has 0 saturated carbocycles. The minimum atomic E-state index is -0.0945. The fourth-order valence-corrected chi connectivity index (χ4v) is 11.6. The number of hydrogen-bond acceptors (Lipinski definition) is 3. The van der Waals surface area contributed by atoms with Gasteiger partial charge in [-0.15, -0.1) is 0 Å². The van der Waals surface area contributed by atoms with Crippen LogP contribution in [0.3, 0.4) is 0 Å². The molecule has 0 spiro atoms. The monoisotopic (exact) mass is 909 g/mol.